The summed E-state index contributed by atoms with van der Waals surface area (Å²) in [5.74, 6) is 0. The maximum atomic E-state index is 11.8. The summed E-state index contributed by atoms with van der Waals surface area (Å²) in [4.78, 5) is 0.709. The lowest BCUT2D eigenvalue weighted by Gasteiger charge is -2.08. The maximum Gasteiger partial charge on any atom is 0.411 e. The summed E-state index contributed by atoms with van der Waals surface area (Å²) in [6, 6.07) is 2.96. The fourth-order valence-electron chi connectivity index (χ4n) is 1.25. The average molecular weight is 333 g/mol. The van der Waals surface area contributed by atoms with Crippen LogP contribution in [0.4, 0.5) is 13.2 Å². The monoisotopic (exact) mass is 333 g/mol. The van der Waals surface area contributed by atoms with Crippen molar-refractivity contribution in [3.05, 3.63) is 17.0 Å². The molecular formula is C10H14F3NO4S2. The summed E-state index contributed by atoms with van der Waals surface area (Å²) < 4.78 is 65.4. The van der Waals surface area contributed by atoms with Gasteiger partial charge in [-0.05, 0) is 12.1 Å². The van der Waals surface area contributed by atoms with Gasteiger partial charge in [0.1, 0.15) is 10.8 Å². The molecule has 20 heavy (non-hydrogen) atoms. The number of aliphatic hydroxyl groups is 1. The van der Waals surface area contributed by atoms with Gasteiger partial charge in [0, 0.05) is 24.4 Å². The van der Waals surface area contributed by atoms with Crippen LogP contribution in [-0.2, 0) is 21.2 Å². The van der Waals surface area contributed by atoms with Gasteiger partial charge in [-0.2, -0.15) is 13.2 Å². The Hall–Kier alpha value is -0.680. The molecule has 0 aliphatic heterocycles. The van der Waals surface area contributed by atoms with Crippen LogP contribution in [0.5, 0.6) is 0 Å². The molecule has 0 saturated carbocycles. The molecular weight excluding hydrogens is 319 g/mol. The van der Waals surface area contributed by atoms with Crippen LogP contribution in [0, 0.1) is 0 Å². The standard InChI is InChI=1S/C10H14F3NO4S2/c11-10(12,13)7-18-6-4-14-20(16,17)9-2-1-8(19-9)3-5-15/h1-2,14-15H,3-7H2. The van der Waals surface area contributed by atoms with Gasteiger partial charge < -0.3 is 9.84 Å². The minimum absolute atomic E-state index is 0.0526. The van der Waals surface area contributed by atoms with Crippen LogP contribution in [0.15, 0.2) is 16.3 Å². The highest BCUT2D eigenvalue weighted by atomic mass is 32.2. The van der Waals surface area contributed by atoms with Gasteiger partial charge in [-0.3, -0.25) is 0 Å². The van der Waals surface area contributed by atoms with E-state index in [-0.39, 0.29) is 24.0 Å². The van der Waals surface area contributed by atoms with E-state index in [0.29, 0.717) is 11.3 Å². The molecule has 10 heteroatoms. The van der Waals surface area contributed by atoms with Crippen molar-refractivity contribution in [3.63, 3.8) is 0 Å². The van der Waals surface area contributed by atoms with Crippen LogP contribution < -0.4 is 4.72 Å². The quantitative estimate of drug-likeness (QED) is 0.700. The molecule has 0 atom stereocenters. The summed E-state index contributed by atoms with van der Waals surface area (Å²) >= 11 is 1.00. The van der Waals surface area contributed by atoms with Crippen LogP contribution in [0.2, 0.25) is 0 Å². The highest BCUT2D eigenvalue weighted by molar-refractivity contribution is 7.91. The van der Waals surface area contributed by atoms with Crippen molar-refractivity contribution in [1.29, 1.82) is 0 Å². The van der Waals surface area contributed by atoms with Crippen LogP contribution in [0.1, 0.15) is 4.88 Å². The van der Waals surface area contributed by atoms with Gasteiger partial charge in [0.15, 0.2) is 0 Å². The lowest BCUT2D eigenvalue weighted by molar-refractivity contribution is -0.173. The molecule has 1 heterocycles. The first-order valence-corrected chi connectivity index (χ1v) is 7.88. The molecule has 2 N–H and O–H groups in total. The summed E-state index contributed by atoms with van der Waals surface area (Å²) in [6.45, 7) is -2.10. The molecule has 0 fully saturated rings. The van der Waals surface area contributed by atoms with Crippen molar-refractivity contribution in [1.82, 2.24) is 4.72 Å². The Labute approximate surface area is 118 Å². The molecule has 1 aromatic rings. The van der Waals surface area contributed by atoms with Gasteiger partial charge in [0.05, 0.1) is 6.61 Å². The third kappa shape index (κ3) is 6.18. The molecule has 0 unspecified atom stereocenters. The zero-order valence-electron chi connectivity index (χ0n) is 10.3. The molecule has 0 saturated heterocycles. The topological polar surface area (TPSA) is 75.6 Å². The van der Waals surface area contributed by atoms with Gasteiger partial charge in [-0.1, -0.05) is 0 Å². The maximum absolute atomic E-state index is 11.8. The van der Waals surface area contributed by atoms with E-state index in [1.54, 1.807) is 6.07 Å². The zero-order valence-corrected chi connectivity index (χ0v) is 11.9. The molecule has 0 radical (unpaired) electrons. The number of halogens is 3. The van der Waals surface area contributed by atoms with Crippen LogP contribution >= 0.6 is 11.3 Å². The van der Waals surface area contributed by atoms with E-state index < -0.39 is 22.8 Å². The highest BCUT2D eigenvalue weighted by Crippen LogP contribution is 2.21. The van der Waals surface area contributed by atoms with Gasteiger partial charge in [0.25, 0.3) is 0 Å². The molecule has 0 amide bonds. The van der Waals surface area contributed by atoms with Crippen molar-refractivity contribution in [2.45, 2.75) is 16.8 Å². The molecule has 0 bridgehead atoms. The number of aliphatic hydroxyl groups excluding tert-OH is 1. The van der Waals surface area contributed by atoms with E-state index in [9.17, 15) is 21.6 Å². The summed E-state index contributed by atoms with van der Waals surface area (Å²) in [5.41, 5.74) is 0. The van der Waals surface area contributed by atoms with Gasteiger partial charge >= 0.3 is 6.18 Å². The molecule has 0 spiro atoms. The fourth-order valence-corrected chi connectivity index (χ4v) is 3.66. The number of nitrogens with one attached hydrogen (secondary N) is 1. The Morgan fingerprint density at radius 2 is 2.05 bits per heavy atom. The summed E-state index contributed by atoms with van der Waals surface area (Å²) in [7, 11) is -3.75. The Morgan fingerprint density at radius 1 is 1.35 bits per heavy atom. The summed E-state index contributed by atoms with van der Waals surface area (Å²) in [6.07, 6.45) is -4.07. The Bertz CT molecular complexity index is 513. The molecule has 1 aromatic heterocycles. The lowest BCUT2D eigenvalue weighted by atomic mass is 10.4. The van der Waals surface area contributed by atoms with Crippen molar-refractivity contribution >= 4 is 21.4 Å². The van der Waals surface area contributed by atoms with Crippen LogP contribution in [0.3, 0.4) is 0 Å². The number of ether oxygens (including phenoxy) is 1. The smallest absolute Gasteiger partial charge is 0.396 e. The predicted molar refractivity (Wildman–Crippen MR) is 67.2 cm³/mol. The third-order valence-corrected chi connectivity index (χ3v) is 5.16. The first kappa shape index (κ1) is 17.4. The molecule has 0 aliphatic carbocycles. The van der Waals surface area contributed by atoms with Gasteiger partial charge in [0.2, 0.25) is 10.0 Å². The molecule has 0 aliphatic rings. The lowest BCUT2D eigenvalue weighted by Crippen LogP contribution is -2.28. The van der Waals surface area contributed by atoms with E-state index in [4.69, 9.17) is 5.11 Å². The minimum Gasteiger partial charge on any atom is -0.396 e. The Morgan fingerprint density at radius 3 is 2.65 bits per heavy atom. The van der Waals surface area contributed by atoms with Gasteiger partial charge in [-0.25, -0.2) is 13.1 Å². The second-order valence-electron chi connectivity index (χ2n) is 3.76. The average Bonchev–Trinajstić information content (AvgIpc) is 2.77. The van der Waals surface area contributed by atoms with E-state index in [0.717, 1.165) is 11.3 Å². The van der Waals surface area contributed by atoms with Gasteiger partial charge in [-0.15, -0.1) is 11.3 Å². The SMILES string of the molecule is O=S(=O)(NCCOCC(F)(F)F)c1ccc(CCO)s1. The predicted octanol–water partition coefficient (Wildman–Crippen LogP) is 1.14. The first-order valence-electron chi connectivity index (χ1n) is 5.58. The van der Waals surface area contributed by atoms with Crippen LogP contribution in [0.25, 0.3) is 0 Å². The summed E-state index contributed by atoms with van der Waals surface area (Å²) in [5, 5.41) is 8.73. The molecule has 1 rings (SSSR count). The third-order valence-electron chi connectivity index (χ3n) is 2.06. The van der Waals surface area contributed by atoms with E-state index >= 15 is 0 Å². The fraction of sp³-hybridized carbons (Fsp3) is 0.600. The van der Waals surface area contributed by atoms with E-state index in [1.165, 1.54) is 6.07 Å². The van der Waals surface area contributed by atoms with Crippen LogP contribution in [-0.4, -0.2) is 46.1 Å². The number of thiophene rings is 1. The zero-order chi connectivity index (χ0) is 15.2. The number of rotatable bonds is 8. The normalized spacial score (nSPS) is 12.8. The number of hydrogen-bond acceptors (Lipinski definition) is 5. The van der Waals surface area contributed by atoms with Crippen molar-refractivity contribution in [2.24, 2.45) is 0 Å². The molecule has 5 nitrogen and oxygen atoms in total. The number of hydrogen-bond donors (Lipinski definition) is 2. The Kier molecular flexibility index (Phi) is 6.40. The van der Waals surface area contributed by atoms with Crippen molar-refractivity contribution in [2.75, 3.05) is 26.4 Å². The molecule has 116 valence electrons. The molecule has 0 aromatic carbocycles. The van der Waals surface area contributed by atoms with Crippen molar-refractivity contribution in [3.8, 4) is 0 Å². The highest BCUT2D eigenvalue weighted by Gasteiger charge is 2.27. The van der Waals surface area contributed by atoms with Crippen molar-refractivity contribution < 1.29 is 31.4 Å². The second kappa shape index (κ2) is 7.36. The second-order valence-corrected chi connectivity index (χ2v) is 6.92. The van der Waals surface area contributed by atoms with E-state index in [1.807, 2.05) is 0 Å². The number of sulfonamides is 1. The largest absolute Gasteiger partial charge is 0.411 e. The Balaban J connectivity index is 2.41. The minimum atomic E-state index is -4.42. The number of alkyl halides is 3. The first-order chi connectivity index (χ1) is 9.24. The van der Waals surface area contributed by atoms with E-state index in [2.05, 4.69) is 9.46 Å².